The molecule has 0 aliphatic carbocycles. The molecule has 26 heavy (non-hydrogen) atoms. The van der Waals surface area contributed by atoms with Gasteiger partial charge in [0.05, 0.1) is 6.10 Å². The van der Waals surface area contributed by atoms with Gasteiger partial charge in [-0.1, -0.05) is 67.1 Å². The fourth-order valence-electron chi connectivity index (χ4n) is 3.85. The predicted octanol–water partition coefficient (Wildman–Crippen LogP) is 4.81. The average Bonchev–Trinajstić information content (AvgIpc) is 2.66. The van der Waals surface area contributed by atoms with E-state index >= 15 is 0 Å². The lowest BCUT2D eigenvalue weighted by atomic mass is 9.88. The number of carbonyl (C=O) groups is 1. The second-order valence-electron chi connectivity index (χ2n) is 7.06. The average molecular weight is 418 g/mol. The van der Waals surface area contributed by atoms with E-state index < -0.39 is 6.10 Å². The van der Waals surface area contributed by atoms with Crippen LogP contribution in [0.2, 0.25) is 0 Å². The molecule has 3 atom stereocenters. The maximum atomic E-state index is 12.5. The zero-order valence-electron chi connectivity index (χ0n) is 15.3. The molecule has 1 N–H and O–H groups in total. The Morgan fingerprint density at radius 3 is 2.27 bits per heavy atom. The van der Waals surface area contributed by atoms with Crippen molar-refractivity contribution in [2.75, 3.05) is 7.05 Å². The Morgan fingerprint density at radius 2 is 1.62 bits per heavy atom. The van der Waals surface area contributed by atoms with Crippen molar-refractivity contribution in [2.24, 2.45) is 0 Å². The lowest BCUT2D eigenvalue weighted by Crippen LogP contribution is -2.45. The summed E-state index contributed by atoms with van der Waals surface area (Å²) in [5.74, 6) is 0.210. The van der Waals surface area contributed by atoms with Gasteiger partial charge in [-0.05, 0) is 31.9 Å². The van der Waals surface area contributed by atoms with Crippen molar-refractivity contribution >= 4 is 22.8 Å². The Morgan fingerprint density at radius 1 is 1.04 bits per heavy atom. The van der Waals surface area contributed by atoms with Gasteiger partial charge in [0, 0.05) is 24.1 Å². The van der Waals surface area contributed by atoms with Gasteiger partial charge in [0.1, 0.15) is 0 Å². The molecule has 3 nitrogen and oxygen atoms in total. The summed E-state index contributed by atoms with van der Waals surface area (Å²) in [7, 11) is 2.10. The van der Waals surface area contributed by atoms with E-state index in [1.54, 1.807) is 0 Å². The lowest BCUT2D eigenvalue weighted by molar-refractivity contribution is 0.0549. The first-order valence-electron chi connectivity index (χ1n) is 9.18. The van der Waals surface area contributed by atoms with Crippen LogP contribution >= 0.6 is 17.0 Å². The first-order valence-corrected chi connectivity index (χ1v) is 9.18. The monoisotopic (exact) mass is 417 g/mol. The van der Waals surface area contributed by atoms with Gasteiger partial charge in [-0.3, -0.25) is 9.69 Å². The van der Waals surface area contributed by atoms with Crippen molar-refractivity contribution in [3.8, 4) is 0 Å². The highest BCUT2D eigenvalue weighted by atomic mass is 79.9. The molecule has 0 unspecified atom stereocenters. The highest BCUT2D eigenvalue weighted by molar-refractivity contribution is 8.93. The number of hydrogen-bond acceptors (Lipinski definition) is 3. The number of hydrogen-bond donors (Lipinski definition) is 1. The molecule has 1 fully saturated rings. The summed E-state index contributed by atoms with van der Waals surface area (Å²) in [6.45, 7) is 0. The number of halogens is 1. The summed E-state index contributed by atoms with van der Waals surface area (Å²) >= 11 is 0. The molecule has 0 amide bonds. The lowest BCUT2D eigenvalue weighted by Gasteiger charge is -2.40. The second kappa shape index (κ2) is 10.0. The molecule has 1 aliphatic heterocycles. The third-order valence-electron chi connectivity index (χ3n) is 5.42. The molecular formula is C22H28BrNO2. The van der Waals surface area contributed by atoms with E-state index in [0.29, 0.717) is 12.5 Å². The highest BCUT2D eigenvalue weighted by Gasteiger charge is 2.30. The van der Waals surface area contributed by atoms with Gasteiger partial charge in [-0.2, -0.15) is 0 Å². The van der Waals surface area contributed by atoms with Crippen molar-refractivity contribution in [2.45, 2.75) is 50.3 Å². The zero-order chi connectivity index (χ0) is 17.6. The molecule has 0 bridgehead atoms. The normalized spacial score (nSPS) is 21.6. The van der Waals surface area contributed by atoms with Crippen LogP contribution in [0.15, 0.2) is 60.7 Å². The number of rotatable bonds is 6. The summed E-state index contributed by atoms with van der Waals surface area (Å²) in [6, 6.07) is 20.0. The van der Waals surface area contributed by atoms with Crippen LogP contribution in [0, 0.1) is 0 Å². The maximum absolute atomic E-state index is 12.5. The van der Waals surface area contributed by atoms with Crippen molar-refractivity contribution < 1.29 is 9.90 Å². The summed E-state index contributed by atoms with van der Waals surface area (Å²) in [6.07, 6.45) is 4.07. The molecule has 3 rings (SSSR count). The summed E-state index contributed by atoms with van der Waals surface area (Å²) in [4.78, 5) is 14.8. The first-order chi connectivity index (χ1) is 12.1. The summed E-state index contributed by atoms with van der Waals surface area (Å²) < 4.78 is 0. The largest absolute Gasteiger partial charge is 0.388 e. The Balaban J connectivity index is 0.00000243. The number of nitrogens with zero attached hydrogens (tertiary/aromatic N) is 1. The first kappa shape index (κ1) is 20.8. The van der Waals surface area contributed by atoms with E-state index in [-0.39, 0.29) is 28.8 Å². The molecule has 1 aliphatic rings. The van der Waals surface area contributed by atoms with Crippen LogP contribution in [0.3, 0.4) is 0 Å². The van der Waals surface area contributed by atoms with Gasteiger partial charge in [-0.15, -0.1) is 17.0 Å². The molecule has 1 heterocycles. The number of aliphatic hydroxyl groups is 1. The van der Waals surface area contributed by atoms with Crippen LogP contribution in [0.1, 0.15) is 54.1 Å². The Kier molecular flexibility index (Phi) is 8.01. The Bertz CT molecular complexity index is 677. The van der Waals surface area contributed by atoms with Crippen LogP contribution < -0.4 is 0 Å². The molecule has 1 saturated heterocycles. The third-order valence-corrected chi connectivity index (χ3v) is 5.42. The molecule has 0 spiro atoms. The minimum Gasteiger partial charge on any atom is -0.388 e. The fourth-order valence-corrected chi connectivity index (χ4v) is 3.85. The third kappa shape index (κ3) is 5.26. The van der Waals surface area contributed by atoms with Crippen LogP contribution in [0.25, 0.3) is 0 Å². The summed E-state index contributed by atoms with van der Waals surface area (Å²) in [5, 5.41) is 10.5. The van der Waals surface area contributed by atoms with Gasteiger partial charge in [0.15, 0.2) is 5.78 Å². The van der Waals surface area contributed by atoms with E-state index in [1.807, 2.05) is 60.7 Å². The van der Waals surface area contributed by atoms with E-state index in [9.17, 15) is 9.90 Å². The van der Waals surface area contributed by atoms with Crippen LogP contribution in [-0.4, -0.2) is 34.9 Å². The van der Waals surface area contributed by atoms with Gasteiger partial charge < -0.3 is 5.11 Å². The van der Waals surface area contributed by atoms with Crippen molar-refractivity contribution in [3.63, 3.8) is 0 Å². The quantitative estimate of drug-likeness (QED) is 0.685. The fraction of sp³-hybridized carbons (Fsp3) is 0.409. The molecule has 140 valence electrons. The number of benzene rings is 2. The molecule has 4 heteroatoms. The van der Waals surface area contributed by atoms with Crippen LogP contribution in [-0.2, 0) is 0 Å². The number of ketones is 1. The number of aliphatic hydroxyl groups excluding tert-OH is 1. The molecule has 0 aromatic heterocycles. The van der Waals surface area contributed by atoms with E-state index in [2.05, 4.69) is 11.9 Å². The van der Waals surface area contributed by atoms with Gasteiger partial charge in [0.25, 0.3) is 0 Å². The zero-order valence-corrected chi connectivity index (χ0v) is 17.0. The van der Waals surface area contributed by atoms with Crippen molar-refractivity contribution in [3.05, 3.63) is 71.8 Å². The molecule has 0 saturated carbocycles. The Hall–Kier alpha value is -1.49. The Labute approximate surface area is 166 Å². The number of likely N-dealkylation sites (tertiary alicyclic amines) is 1. The number of piperidine rings is 1. The van der Waals surface area contributed by atoms with Gasteiger partial charge in [-0.25, -0.2) is 0 Å². The molecule has 2 aromatic carbocycles. The SMILES string of the molecule is Br.CN1[C@@H](CC(=O)c2ccccc2)CCC[C@H]1C[C@H](O)c1ccccc1. The van der Waals surface area contributed by atoms with Crippen molar-refractivity contribution in [1.82, 2.24) is 4.90 Å². The number of Topliss-reactive ketones (excluding diaryl/α,β-unsaturated/α-hetero) is 1. The molecule has 2 aromatic rings. The maximum Gasteiger partial charge on any atom is 0.164 e. The topological polar surface area (TPSA) is 40.5 Å². The molecule has 0 radical (unpaired) electrons. The minimum atomic E-state index is -0.447. The molecular weight excluding hydrogens is 390 g/mol. The van der Waals surface area contributed by atoms with Crippen molar-refractivity contribution in [1.29, 1.82) is 0 Å². The van der Waals surface area contributed by atoms with Crippen LogP contribution in [0.5, 0.6) is 0 Å². The minimum absolute atomic E-state index is 0. The second-order valence-corrected chi connectivity index (χ2v) is 7.06. The van der Waals surface area contributed by atoms with E-state index in [1.165, 1.54) is 0 Å². The van der Waals surface area contributed by atoms with Gasteiger partial charge in [0.2, 0.25) is 0 Å². The van der Waals surface area contributed by atoms with Crippen LogP contribution in [0.4, 0.5) is 0 Å². The predicted molar refractivity (Wildman–Crippen MR) is 111 cm³/mol. The smallest absolute Gasteiger partial charge is 0.164 e. The van der Waals surface area contributed by atoms with E-state index in [4.69, 9.17) is 0 Å². The van der Waals surface area contributed by atoms with E-state index in [0.717, 1.165) is 36.8 Å². The number of carbonyl (C=O) groups excluding carboxylic acids is 1. The highest BCUT2D eigenvalue weighted by Crippen LogP contribution is 2.30. The standard InChI is InChI=1S/C22H27NO2.BrH/c1-23-19(15-21(24)17-9-4-2-5-10-17)13-8-14-20(23)16-22(25)18-11-6-3-7-12-18;/h2-7,9-12,19-21,24H,8,13-16H2,1H3;1H/t19-,20+,21-;/m0./s1. The van der Waals surface area contributed by atoms with Gasteiger partial charge >= 0.3 is 0 Å². The summed E-state index contributed by atoms with van der Waals surface area (Å²) in [5.41, 5.74) is 1.76.